The summed E-state index contributed by atoms with van der Waals surface area (Å²) in [6.45, 7) is 5.81. The molecule has 12 nitrogen and oxygen atoms in total. The third kappa shape index (κ3) is 8.81. The average Bonchev–Trinajstić information content (AvgIpc) is 3.64. The summed E-state index contributed by atoms with van der Waals surface area (Å²) in [5, 5.41) is 17.9. The molecule has 5 N–H and O–H groups in total. The Morgan fingerprint density at radius 1 is 1.10 bits per heavy atom. The highest BCUT2D eigenvalue weighted by Crippen LogP contribution is 2.26. The van der Waals surface area contributed by atoms with E-state index >= 15 is 0 Å². The number of aromatic nitrogens is 2. The summed E-state index contributed by atoms with van der Waals surface area (Å²) in [4.78, 5) is 72.8. The van der Waals surface area contributed by atoms with Gasteiger partial charge in [0.25, 0.3) is 0 Å². The minimum Gasteiger partial charge on any atom is -0.480 e. The van der Waals surface area contributed by atoms with Gasteiger partial charge in [-0.15, -0.1) is 0 Å². The number of Topliss-reactive ketones (excluding diaryl/α,β-unsaturated/α-hetero) is 1. The van der Waals surface area contributed by atoms with Gasteiger partial charge in [0.2, 0.25) is 17.7 Å². The molecule has 0 spiro atoms. The van der Waals surface area contributed by atoms with E-state index in [1.54, 1.807) is 36.1 Å². The maximum Gasteiger partial charge on any atom is 0.326 e. The number of aromatic amines is 1. The summed E-state index contributed by atoms with van der Waals surface area (Å²) in [5.41, 5.74) is 1.37. The van der Waals surface area contributed by atoms with Crippen LogP contribution in [0.25, 0.3) is 0 Å². The first-order chi connectivity index (χ1) is 20.0. The van der Waals surface area contributed by atoms with Crippen molar-refractivity contribution in [3.05, 3.63) is 48.0 Å². The molecule has 1 fully saturated rings. The SMILES string of the molecule is CC(C)CC(NC(=O)C(Cc1cnc[nH]1)NC(=O)C(C)Nc1ccccc1C(=O)C1CCCN1C(=O)CCS)C(=O)O. The minimum atomic E-state index is -1.16. The number of thiol groups is 1. The van der Waals surface area contributed by atoms with Crippen molar-refractivity contribution in [2.24, 2.45) is 5.92 Å². The van der Waals surface area contributed by atoms with Crippen LogP contribution in [0.2, 0.25) is 0 Å². The average molecular weight is 601 g/mol. The van der Waals surface area contributed by atoms with E-state index in [0.29, 0.717) is 35.7 Å². The molecule has 1 aliphatic heterocycles. The van der Waals surface area contributed by atoms with Crippen LogP contribution >= 0.6 is 12.6 Å². The lowest BCUT2D eigenvalue weighted by Gasteiger charge is -2.26. The van der Waals surface area contributed by atoms with Crippen molar-refractivity contribution >= 4 is 47.8 Å². The molecule has 3 amide bonds. The van der Waals surface area contributed by atoms with Crippen LogP contribution < -0.4 is 16.0 Å². The second-order valence-electron chi connectivity index (χ2n) is 10.9. The topological polar surface area (TPSA) is 174 Å². The summed E-state index contributed by atoms with van der Waals surface area (Å²) in [6.07, 6.45) is 4.79. The molecule has 13 heteroatoms. The fraction of sp³-hybridized carbons (Fsp3) is 0.517. The van der Waals surface area contributed by atoms with E-state index in [0.717, 1.165) is 6.42 Å². The second-order valence-corrected chi connectivity index (χ2v) is 11.3. The van der Waals surface area contributed by atoms with Crippen LogP contribution in [0.5, 0.6) is 0 Å². The number of benzene rings is 1. The van der Waals surface area contributed by atoms with E-state index in [9.17, 15) is 29.1 Å². The Hall–Kier alpha value is -3.87. The molecule has 228 valence electrons. The van der Waals surface area contributed by atoms with Crippen LogP contribution in [0, 0.1) is 5.92 Å². The van der Waals surface area contributed by atoms with E-state index in [1.807, 2.05) is 13.8 Å². The maximum atomic E-state index is 13.6. The molecule has 2 aromatic rings. The lowest BCUT2D eigenvalue weighted by molar-refractivity contribution is -0.142. The van der Waals surface area contributed by atoms with Gasteiger partial charge in [-0.1, -0.05) is 26.0 Å². The number of H-pyrrole nitrogens is 1. The van der Waals surface area contributed by atoms with Crippen LogP contribution in [-0.4, -0.2) is 85.9 Å². The van der Waals surface area contributed by atoms with Gasteiger partial charge in [0.1, 0.15) is 18.1 Å². The van der Waals surface area contributed by atoms with Crippen molar-refractivity contribution in [3.63, 3.8) is 0 Å². The Morgan fingerprint density at radius 3 is 2.45 bits per heavy atom. The second kappa shape index (κ2) is 15.4. The zero-order chi connectivity index (χ0) is 30.8. The highest BCUT2D eigenvalue weighted by Gasteiger charge is 2.35. The van der Waals surface area contributed by atoms with E-state index in [-0.39, 0.29) is 36.9 Å². The van der Waals surface area contributed by atoms with Crippen LogP contribution in [0.15, 0.2) is 36.8 Å². The molecule has 1 saturated heterocycles. The number of carbonyl (C=O) groups is 5. The van der Waals surface area contributed by atoms with Crippen LogP contribution in [0.4, 0.5) is 5.69 Å². The molecule has 1 aromatic carbocycles. The summed E-state index contributed by atoms with van der Waals surface area (Å²) < 4.78 is 0. The molecule has 0 saturated carbocycles. The summed E-state index contributed by atoms with van der Waals surface area (Å²) in [7, 11) is 0. The number of ketones is 1. The number of amides is 3. The molecular formula is C29H40N6O6S. The van der Waals surface area contributed by atoms with Gasteiger partial charge in [0, 0.05) is 42.5 Å². The Balaban J connectivity index is 1.74. The first kappa shape index (κ1) is 32.6. The largest absolute Gasteiger partial charge is 0.480 e. The number of nitrogens with one attached hydrogen (secondary N) is 4. The minimum absolute atomic E-state index is 0.0245. The van der Waals surface area contributed by atoms with E-state index in [4.69, 9.17) is 0 Å². The molecule has 2 heterocycles. The number of hydrogen-bond donors (Lipinski definition) is 6. The quantitative estimate of drug-likeness (QED) is 0.133. The maximum absolute atomic E-state index is 13.6. The van der Waals surface area contributed by atoms with E-state index in [1.165, 1.54) is 12.5 Å². The van der Waals surface area contributed by atoms with Crippen LogP contribution in [-0.2, 0) is 25.6 Å². The molecule has 1 aromatic heterocycles. The number of carboxylic acid groups (broad SMARTS) is 1. The number of anilines is 1. The Bertz CT molecular complexity index is 1250. The monoisotopic (exact) mass is 600 g/mol. The number of likely N-dealkylation sites (tertiary alicyclic amines) is 1. The molecule has 42 heavy (non-hydrogen) atoms. The van der Waals surface area contributed by atoms with Gasteiger partial charge in [-0.3, -0.25) is 19.2 Å². The number of para-hydroxylation sites is 1. The highest BCUT2D eigenvalue weighted by atomic mass is 32.1. The fourth-order valence-corrected chi connectivity index (χ4v) is 5.16. The van der Waals surface area contributed by atoms with E-state index in [2.05, 4.69) is 38.5 Å². The summed E-state index contributed by atoms with van der Waals surface area (Å²) >= 11 is 4.14. The van der Waals surface area contributed by atoms with E-state index < -0.39 is 42.0 Å². The zero-order valence-electron chi connectivity index (χ0n) is 24.1. The molecule has 0 bridgehead atoms. The molecule has 4 unspecified atom stereocenters. The first-order valence-corrected chi connectivity index (χ1v) is 14.8. The number of aliphatic carboxylic acids is 1. The first-order valence-electron chi connectivity index (χ1n) is 14.1. The van der Waals surface area contributed by atoms with Crippen molar-refractivity contribution in [1.82, 2.24) is 25.5 Å². The highest BCUT2D eigenvalue weighted by molar-refractivity contribution is 7.80. The molecule has 4 atom stereocenters. The summed E-state index contributed by atoms with van der Waals surface area (Å²) in [6, 6.07) is 3.15. The van der Waals surface area contributed by atoms with Gasteiger partial charge < -0.3 is 30.9 Å². The van der Waals surface area contributed by atoms with Gasteiger partial charge >= 0.3 is 5.97 Å². The van der Waals surface area contributed by atoms with Gasteiger partial charge in [-0.25, -0.2) is 9.78 Å². The summed E-state index contributed by atoms with van der Waals surface area (Å²) in [5.74, 6) is -2.23. The number of nitrogens with zero attached hydrogens (tertiary/aromatic N) is 2. The van der Waals surface area contributed by atoms with Gasteiger partial charge in [0.05, 0.1) is 12.4 Å². The number of rotatable bonds is 15. The van der Waals surface area contributed by atoms with Gasteiger partial charge in [-0.2, -0.15) is 12.6 Å². The van der Waals surface area contributed by atoms with Crippen LogP contribution in [0.1, 0.15) is 62.5 Å². The molecule has 1 aliphatic rings. The number of imidazole rings is 1. The Kier molecular flexibility index (Phi) is 12.0. The van der Waals surface area contributed by atoms with Crippen molar-refractivity contribution in [2.75, 3.05) is 17.6 Å². The van der Waals surface area contributed by atoms with Crippen molar-refractivity contribution < 1.29 is 29.1 Å². The van der Waals surface area contributed by atoms with Crippen molar-refractivity contribution in [3.8, 4) is 0 Å². The number of carboxylic acids is 1. The number of hydrogen-bond acceptors (Lipinski definition) is 8. The predicted octanol–water partition coefficient (Wildman–Crippen LogP) is 2.05. The molecule has 3 rings (SSSR count). The fourth-order valence-electron chi connectivity index (χ4n) is 4.97. The van der Waals surface area contributed by atoms with Gasteiger partial charge in [0.15, 0.2) is 5.78 Å². The molecule has 0 aliphatic carbocycles. The van der Waals surface area contributed by atoms with Gasteiger partial charge in [-0.05, 0) is 50.0 Å². The standard InChI is InChI=1S/C29H40N6O6S/c1-17(2)13-23(29(40)41)34-28(39)22(14-19-15-30-16-31-19)33-27(38)18(3)32-21-8-5-4-7-20(21)26(37)24-9-6-11-35(24)25(36)10-12-42/h4-5,7-8,15-18,22-24,32,42H,6,9-14H2,1-3H3,(H,30,31)(H,33,38)(H,34,39)(H,40,41). The smallest absolute Gasteiger partial charge is 0.326 e. The zero-order valence-corrected chi connectivity index (χ0v) is 25.0. The van der Waals surface area contributed by atoms with Crippen molar-refractivity contribution in [1.29, 1.82) is 0 Å². The molecule has 0 radical (unpaired) electrons. The third-order valence-electron chi connectivity index (χ3n) is 7.09. The molecular weight excluding hydrogens is 560 g/mol. The lowest BCUT2D eigenvalue weighted by atomic mass is 9.99. The Morgan fingerprint density at radius 2 is 1.81 bits per heavy atom. The predicted molar refractivity (Wildman–Crippen MR) is 160 cm³/mol. The number of carbonyl (C=O) groups excluding carboxylic acids is 4. The lowest BCUT2D eigenvalue weighted by Crippen LogP contribution is -2.54. The Labute approximate surface area is 250 Å². The third-order valence-corrected chi connectivity index (χ3v) is 7.32. The van der Waals surface area contributed by atoms with Crippen LogP contribution in [0.3, 0.4) is 0 Å². The van der Waals surface area contributed by atoms with Crippen molar-refractivity contribution in [2.45, 2.75) is 77.0 Å². The normalized spacial score (nSPS) is 16.9.